The molecule has 0 aromatic heterocycles. The Morgan fingerprint density at radius 2 is 1.65 bits per heavy atom. The highest BCUT2D eigenvalue weighted by molar-refractivity contribution is 5.79. The van der Waals surface area contributed by atoms with Gasteiger partial charge < -0.3 is 20.3 Å². The number of hydrogen-bond donors (Lipinski definition) is 2. The predicted octanol–water partition coefficient (Wildman–Crippen LogP) is 2.40. The molecule has 0 fully saturated rings. The van der Waals surface area contributed by atoms with Crippen molar-refractivity contribution in [1.29, 1.82) is 0 Å². The van der Waals surface area contributed by atoms with Crippen LogP contribution in [0.4, 0.5) is 0 Å². The molecule has 0 bridgehead atoms. The van der Waals surface area contributed by atoms with Crippen molar-refractivity contribution in [2.45, 2.75) is 12.5 Å². The van der Waals surface area contributed by atoms with Crippen LogP contribution in [0.15, 0.2) is 65.7 Å². The second-order valence-corrected chi connectivity index (χ2v) is 6.35. The number of para-hydroxylation sites is 1. The first-order valence-electron chi connectivity index (χ1n) is 9.01. The largest absolute Gasteiger partial charge is 0.492 e. The van der Waals surface area contributed by atoms with Crippen LogP contribution in [0.1, 0.15) is 5.56 Å². The zero-order chi connectivity index (χ0) is 18.6. The molecule has 0 radical (unpaired) electrons. The van der Waals surface area contributed by atoms with E-state index < -0.39 is 0 Å². The van der Waals surface area contributed by atoms with Gasteiger partial charge >= 0.3 is 0 Å². The van der Waals surface area contributed by atoms with Crippen molar-refractivity contribution < 1.29 is 4.74 Å². The van der Waals surface area contributed by atoms with Crippen molar-refractivity contribution in [2.75, 3.05) is 40.8 Å². The maximum Gasteiger partial charge on any atom is 0.191 e. The zero-order valence-corrected chi connectivity index (χ0v) is 16.0. The second kappa shape index (κ2) is 11.2. The fraction of sp³-hybridized carbons (Fsp3) is 0.381. The molecular weight excluding hydrogens is 324 g/mol. The number of aliphatic imine (C=N–C) groups is 1. The van der Waals surface area contributed by atoms with E-state index in [1.54, 1.807) is 7.05 Å². The summed E-state index contributed by atoms with van der Waals surface area (Å²) in [5.41, 5.74) is 1.34. The molecule has 0 aliphatic rings. The van der Waals surface area contributed by atoms with Gasteiger partial charge in [-0.1, -0.05) is 48.5 Å². The number of ether oxygens (including phenoxy) is 1. The summed E-state index contributed by atoms with van der Waals surface area (Å²) in [6, 6.07) is 20.8. The van der Waals surface area contributed by atoms with Crippen LogP contribution in [-0.2, 0) is 6.42 Å². The molecule has 0 aliphatic heterocycles. The maximum absolute atomic E-state index is 5.69. The van der Waals surface area contributed by atoms with E-state index in [1.807, 2.05) is 30.3 Å². The van der Waals surface area contributed by atoms with Gasteiger partial charge in [0.2, 0.25) is 0 Å². The summed E-state index contributed by atoms with van der Waals surface area (Å²) in [4.78, 5) is 6.53. The van der Waals surface area contributed by atoms with Crippen LogP contribution in [0.2, 0.25) is 0 Å². The van der Waals surface area contributed by atoms with Gasteiger partial charge in [-0.2, -0.15) is 0 Å². The molecule has 140 valence electrons. The van der Waals surface area contributed by atoms with Gasteiger partial charge in [-0.15, -0.1) is 0 Å². The Labute approximate surface area is 157 Å². The van der Waals surface area contributed by atoms with Crippen molar-refractivity contribution in [3.63, 3.8) is 0 Å². The minimum Gasteiger partial charge on any atom is -0.492 e. The molecule has 0 spiro atoms. The van der Waals surface area contributed by atoms with E-state index in [2.05, 4.69) is 65.0 Å². The average molecular weight is 354 g/mol. The quantitative estimate of drug-likeness (QED) is 0.412. The molecule has 5 heteroatoms. The topological polar surface area (TPSA) is 48.9 Å². The SMILES string of the molecule is CN=C(NCCOc1ccccc1)NCC(Cc1ccccc1)N(C)C. The Kier molecular flexibility index (Phi) is 8.49. The van der Waals surface area contributed by atoms with Crippen molar-refractivity contribution >= 4 is 5.96 Å². The number of rotatable bonds is 9. The van der Waals surface area contributed by atoms with Crippen LogP contribution < -0.4 is 15.4 Å². The van der Waals surface area contributed by atoms with Crippen LogP contribution in [-0.4, -0.2) is 57.7 Å². The van der Waals surface area contributed by atoms with E-state index in [9.17, 15) is 0 Å². The standard InChI is InChI=1S/C21H30N4O/c1-22-21(23-14-15-26-20-12-8-5-9-13-20)24-17-19(25(2)3)16-18-10-6-4-7-11-18/h4-13,19H,14-17H2,1-3H3,(H2,22,23,24). The average Bonchev–Trinajstić information content (AvgIpc) is 2.67. The molecule has 2 aromatic carbocycles. The molecule has 1 unspecified atom stereocenters. The molecule has 1 atom stereocenters. The van der Waals surface area contributed by atoms with E-state index in [1.165, 1.54) is 5.56 Å². The third kappa shape index (κ3) is 7.15. The van der Waals surface area contributed by atoms with Crippen LogP contribution >= 0.6 is 0 Å². The van der Waals surface area contributed by atoms with E-state index in [0.717, 1.165) is 24.7 Å². The number of hydrogen-bond acceptors (Lipinski definition) is 3. The lowest BCUT2D eigenvalue weighted by Crippen LogP contribution is -2.46. The lowest BCUT2D eigenvalue weighted by Gasteiger charge is -2.25. The van der Waals surface area contributed by atoms with Gasteiger partial charge in [-0.3, -0.25) is 4.99 Å². The second-order valence-electron chi connectivity index (χ2n) is 6.35. The molecular formula is C21H30N4O. The van der Waals surface area contributed by atoms with Gasteiger partial charge in [0.25, 0.3) is 0 Å². The predicted molar refractivity (Wildman–Crippen MR) is 109 cm³/mol. The van der Waals surface area contributed by atoms with Crippen molar-refractivity contribution in [3.05, 3.63) is 66.2 Å². The Morgan fingerprint density at radius 3 is 2.27 bits per heavy atom. The summed E-state index contributed by atoms with van der Waals surface area (Å²) in [5.74, 6) is 1.68. The highest BCUT2D eigenvalue weighted by Gasteiger charge is 2.12. The number of nitrogens with zero attached hydrogens (tertiary/aromatic N) is 2. The Morgan fingerprint density at radius 1 is 1.00 bits per heavy atom. The molecule has 0 amide bonds. The number of nitrogens with one attached hydrogen (secondary N) is 2. The molecule has 26 heavy (non-hydrogen) atoms. The van der Waals surface area contributed by atoms with Gasteiger partial charge in [0.15, 0.2) is 5.96 Å². The Hall–Kier alpha value is -2.53. The first-order valence-corrected chi connectivity index (χ1v) is 9.01. The molecule has 0 heterocycles. The molecule has 2 rings (SSSR count). The first-order chi connectivity index (χ1) is 12.7. The monoisotopic (exact) mass is 354 g/mol. The van der Waals surface area contributed by atoms with E-state index in [-0.39, 0.29) is 0 Å². The zero-order valence-electron chi connectivity index (χ0n) is 16.0. The smallest absolute Gasteiger partial charge is 0.191 e. The van der Waals surface area contributed by atoms with Gasteiger partial charge in [0.05, 0.1) is 6.54 Å². The molecule has 2 N–H and O–H groups in total. The first kappa shape index (κ1) is 19.8. The van der Waals surface area contributed by atoms with Crippen molar-refractivity contribution in [2.24, 2.45) is 4.99 Å². The summed E-state index contributed by atoms with van der Waals surface area (Å²) < 4.78 is 5.69. The fourth-order valence-corrected chi connectivity index (χ4v) is 2.61. The molecule has 0 saturated carbocycles. The minimum absolute atomic E-state index is 0.386. The van der Waals surface area contributed by atoms with Crippen molar-refractivity contribution in [3.8, 4) is 5.75 Å². The van der Waals surface area contributed by atoms with Gasteiger partial charge in [0.1, 0.15) is 12.4 Å². The lowest BCUT2D eigenvalue weighted by atomic mass is 10.1. The van der Waals surface area contributed by atoms with E-state index >= 15 is 0 Å². The molecule has 5 nitrogen and oxygen atoms in total. The molecule has 2 aromatic rings. The van der Waals surface area contributed by atoms with Crippen LogP contribution in [0.5, 0.6) is 5.75 Å². The summed E-state index contributed by atoms with van der Waals surface area (Å²) in [6.07, 6.45) is 0.995. The highest BCUT2D eigenvalue weighted by atomic mass is 16.5. The Balaban J connectivity index is 1.73. The minimum atomic E-state index is 0.386. The van der Waals surface area contributed by atoms with E-state index in [4.69, 9.17) is 4.74 Å². The van der Waals surface area contributed by atoms with Gasteiger partial charge in [-0.25, -0.2) is 0 Å². The van der Waals surface area contributed by atoms with E-state index in [0.29, 0.717) is 19.2 Å². The van der Waals surface area contributed by atoms with Crippen LogP contribution in [0, 0.1) is 0 Å². The number of benzene rings is 2. The van der Waals surface area contributed by atoms with Gasteiger partial charge in [-0.05, 0) is 38.2 Å². The summed E-state index contributed by atoms with van der Waals surface area (Å²) >= 11 is 0. The maximum atomic E-state index is 5.69. The van der Waals surface area contributed by atoms with Crippen molar-refractivity contribution in [1.82, 2.24) is 15.5 Å². The third-order valence-corrected chi connectivity index (χ3v) is 4.18. The van der Waals surface area contributed by atoms with Crippen LogP contribution in [0.3, 0.4) is 0 Å². The summed E-state index contributed by atoms with van der Waals surface area (Å²) in [6.45, 7) is 2.10. The number of guanidine groups is 1. The normalized spacial score (nSPS) is 12.7. The molecule has 0 aliphatic carbocycles. The summed E-state index contributed by atoms with van der Waals surface area (Å²) in [7, 11) is 6.01. The fourth-order valence-electron chi connectivity index (χ4n) is 2.61. The third-order valence-electron chi connectivity index (χ3n) is 4.18. The highest BCUT2D eigenvalue weighted by Crippen LogP contribution is 2.07. The lowest BCUT2D eigenvalue weighted by molar-refractivity contribution is 0.289. The Bertz CT molecular complexity index is 644. The van der Waals surface area contributed by atoms with Gasteiger partial charge in [0, 0.05) is 19.6 Å². The summed E-state index contributed by atoms with van der Waals surface area (Å²) in [5, 5.41) is 6.70. The number of likely N-dealkylation sites (N-methyl/N-ethyl adjacent to an activating group) is 1. The van der Waals surface area contributed by atoms with Crippen LogP contribution in [0.25, 0.3) is 0 Å². The molecule has 0 saturated heterocycles.